The van der Waals surface area contributed by atoms with Crippen molar-refractivity contribution in [1.82, 2.24) is 5.32 Å². The Morgan fingerprint density at radius 1 is 1.14 bits per heavy atom. The molecular weight excluding hydrogens is 264 g/mol. The third kappa shape index (κ3) is 3.96. The van der Waals surface area contributed by atoms with Crippen molar-refractivity contribution in [2.45, 2.75) is 31.9 Å². The van der Waals surface area contributed by atoms with Crippen LogP contribution >= 0.6 is 0 Å². The molecule has 2 atom stereocenters. The Kier molecular flexibility index (Phi) is 5.12. The second kappa shape index (κ2) is 7.25. The lowest BCUT2D eigenvalue weighted by Gasteiger charge is -2.29. The molecule has 1 aliphatic heterocycles. The standard InChI is InChI=1S/C17H26N2O2/c20-17-3-1-2-15(17)13-18-12-14-4-6-16(7-5-14)19-8-10-21-11-9-19/h4-7,15,17-18,20H,1-3,8-13H2. The molecule has 1 aromatic carbocycles. The van der Waals surface area contributed by atoms with Crippen molar-refractivity contribution in [3.05, 3.63) is 29.8 Å². The molecular formula is C17H26N2O2. The third-order valence-corrected chi connectivity index (χ3v) is 4.67. The van der Waals surface area contributed by atoms with Gasteiger partial charge in [-0.3, -0.25) is 0 Å². The van der Waals surface area contributed by atoms with Crippen LogP contribution in [0.4, 0.5) is 5.69 Å². The van der Waals surface area contributed by atoms with E-state index in [9.17, 15) is 5.11 Å². The molecule has 2 aliphatic rings. The minimum atomic E-state index is -0.0961. The van der Waals surface area contributed by atoms with Crippen LogP contribution < -0.4 is 10.2 Å². The maximum Gasteiger partial charge on any atom is 0.0642 e. The van der Waals surface area contributed by atoms with Crippen LogP contribution in [0.5, 0.6) is 0 Å². The number of anilines is 1. The van der Waals surface area contributed by atoms with E-state index in [1.54, 1.807) is 0 Å². The number of aliphatic hydroxyl groups excluding tert-OH is 1. The van der Waals surface area contributed by atoms with Gasteiger partial charge in [0, 0.05) is 31.9 Å². The van der Waals surface area contributed by atoms with E-state index < -0.39 is 0 Å². The highest BCUT2D eigenvalue weighted by Crippen LogP contribution is 2.24. The lowest BCUT2D eigenvalue weighted by molar-refractivity contribution is 0.122. The van der Waals surface area contributed by atoms with Gasteiger partial charge in [0.1, 0.15) is 0 Å². The van der Waals surface area contributed by atoms with E-state index in [-0.39, 0.29) is 6.10 Å². The van der Waals surface area contributed by atoms with Crippen molar-refractivity contribution < 1.29 is 9.84 Å². The molecule has 2 fully saturated rings. The van der Waals surface area contributed by atoms with Crippen molar-refractivity contribution in [1.29, 1.82) is 0 Å². The number of hydrogen-bond donors (Lipinski definition) is 2. The summed E-state index contributed by atoms with van der Waals surface area (Å²) >= 11 is 0. The molecule has 1 saturated carbocycles. The molecule has 2 N–H and O–H groups in total. The molecule has 116 valence electrons. The van der Waals surface area contributed by atoms with Gasteiger partial charge in [-0.2, -0.15) is 0 Å². The zero-order chi connectivity index (χ0) is 14.5. The van der Waals surface area contributed by atoms with Gasteiger partial charge in [-0.05, 0) is 36.5 Å². The van der Waals surface area contributed by atoms with E-state index in [1.165, 1.54) is 17.7 Å². The van der Waals surface area contributed by atoms with E-state index in [2.05, 4.69) is 34.5 Å². The quantitative estimate of drug-likeness (QED) is 0.867. The van der Waals surface area contributed by atoms with Crippen LogP contribution in [0.1, 0.15) is 24.8 Å². The molecule has 1 aliphatic carbocycles. The normalized spacial score (nSPS) is 26.2. The minimum absolute atomic E-state index is 0.0961. The lowest BCUT2D eigenvalue weighted by Crippen LogP contribution is -2.36. The second-order valence-corrected chi connectivity index (χ2v) is 6.16. The first-order chi connectivity index (χ1) is 10.3. The maximum absolute atomic E-state index is 9.81. The summed E-state index contributed by atoms with van der Waals surface area (Å²) in [5.41, 5.74) is 2.59. The van der Waals surface area contributed by atoms with Gasteiger partial charge in [-0.25, -0.2) is 0 Å². The zero-order valence-corrected chi connectivity index (χ0v) is 12.6. The summed E-state index contributed by atoms with van der Waals surface area (Å²) in [7, 11) is 0. The number of nitrogens with zero attached hydrogens (tertiary/aromatic N) is 1. The van der Waals surface area contributed by atoms with Gasteiger partial charge >= 0.3 is 0 Å². The van der Waals surface area contributed by atoms with Gasteiger partial charge in [-0.15, -0.1) is 0 Å². The zero-order valence-electron chi connectivity index (χ0n) is 12.6. The van der Waals surface area contributed by atoms with Crippen LogP contribution in [-0.4, -0.2) is 44.1 Å². The first-order valence-electron chi connectivity index (χ1n) is 8.13. The molecule has 21 heavy (non-hydrogen) atoms. The SMILES string of the molecule is OC1CCCC1CNCc1ccc(N2CCOCC2)cc1. The molecule has 4 nitrogen and oxygen atoms in total. The predicted molar refractivity (Wildman–Crippen MR) is 84.5 cm³/mol. The van der Waals surface area contributed by atoms with Crippen molar-refractivity contribution in [3.63, 3.8) is 0 Å². The topological polar surface area (TPSA) is 44.7 Å². The first-order valence-corrected chi connectivity index (χ1v) is 8.13. The molecule has 0 amide bonds. The molecule has 1 aromatic rings. The summed E-state index contributed by atoms with van der Waals surface area (Å²) < 4.78 is 5.38. The van der Waals surface area contributed by atoms with E-state index in [4.69, 9.17) is 4.74 Å². The third-order valence-electron chi connectivity index (χ3n) is 4.67. The highest BCUT2D eigenvalue weighted by Gasteiger charge is 2.24. The summed E-state index contributed by atoms with van der Waals surface area (Å²) in [5, 5.41) is 13.3. The number of aliphatic hydroxyl groups is 1. The monoisotopic (exact) mass is 290 g/mol. The number of rotatable bonds is 5. The van der Waals surface area contributed by atoms with E-state index in [0.717, 1.165) is 52.2 Å². The number of hydrogen-bond acceptors (Lipinski definition) is 4. The number of nitrogens with one attached hydrogen (secondary N) is 1. The fourth-order valence-corrected chi connectivity index (χ4v) is 3.30. The molecule has 4 heteroatoms. The van der Waals surface area contributed by atoms with Crippen LogP contribution in [0.3, 0.4) is 0 Å². The van der Waals surface area contributed by atoms with Crippen molar-refractivity contribution in [3.8, 4) is 0 Å². The van der Waals surface area contributed by atoms with Crippen LogP contribution in [0, 0.1) is 5.92 Å². The number of morpholine rings is 1. The van der Waals surface area contributed by atoms with Gasteiger partial charge < -0.3 is 20.1 Å². The van der Waals surface area contributed by atoms with Gasteiger partial charge in [0.25, 0.3) is 0 Å². The summed E-state index contributed by atoms with van der Waals surface area (Å²) in [4.78, 5) is 2.37. The first kappa shape index (κ1) is 14.8. The van der Waals surface area contributed by atoms with E-state index in [0.29, 0.717) is 5.92 Å². The summed E-state index contributed by atoms with van der Waals surface area (Å²) in [6.45, 7) is 5.42. The van der Waals surface area contributed by atoms with Gasteiger partial charge in [0.15, 0.2) is 0 Å². The molecule has 1 saturated heterocycles. The van der Waals surface area contributed by atoms with Gasteiger partial charge in [0.05, 0.1) is 19.3 Å². The maximum atomic E-state index is 9.81. The van der Waals surface area contributed by atoms with Crippen molar-refractivity contribution in [2.24, 2.45) is 5.92 Å². The van der Waals surface area contributed by atoms with E-state index >= 15 is 0 Å². The summed E-state index contributed by atoms with van der Waals surface area (Å²) in [6.07, 6.45) is 3.20. The number of ether oxygens (including phenoxy) is 1. The fraction of sp³-hybridized carbons (Fsp3) is 0.647. The molecule has 3 rings (SSSR count). The average molecular weight is 290 g/mol. The lowest BCUT2D eigenvalue weighted by atomic mass is 10.1. The summed E-state index contributed by atoms with van der Waals surface area (Å²) in [5.74, 6) is 0.442. The molecule has 1 heterocycles. The Morgan fingerprint density at radius 3 is 2.57 bits per heavy atom. The Labute approximate surface area is 127 Å². The van der Waals surface area contributed by atoms with Gasteiger partial charge in [0.2, 0.25) is 0 Å². The minimum Gasteiger partial charge on any atom is -0.393 e. The van der Waals surface area contributed by atoms with Crippen LogP contribution in [0.25, 0.3) is 0 Å². The van der Waals surface area contributed by atoms with Crippen molar-refractivity contribution in [2.75, 3.05) is 37.7 Å². The molecule has 0 spiro atoms. The molecule has 2 unspecified atom stereocenters. The Bertz CT molecular complexity index is 429. The van der Waals surface area contributed by atoms with Crippen LogP contribution in [0.15, 0.2) is 24.3 Å². The Balaban J connectivity index is 1.45. The van der Waals surface area contributed by atoms with Crippen molar-refractivity contribution >= 4 is 5.69 Å². The molecule has 0 aromatic heterocycles. The largest absolute Gasteiger partial charge is 0.393 e. The highest BCUT2D eigenvalue weighted by molar-refractivity contribution is 5.47. The van der Waals surface area contributed by atoms with Gasteiger partial charge in [-0.1, -0.05) is 18.6 Å². The summed E-state index contributed by atoms with van der Waals surface area (Å²) in [6, 6.07) is 8.80. The van der Waals surface area contributed by atoms with Crippen LogP contribution in [0.2, 0.25) is 0 Å². The number of benzene rings is 1. The fourth-order valence-electron chi connectivity index (χ4n) is 3.30. The van der Waals surface area contributed by atoms with E-state index in [1.807, 2.05) is 0 Å². The molecule has 0 bridgehead atoms. The Morgan fingerprint density at radius 2 is 1.90 bits per heavy atom. The average Bonchev–Trinajstić information content (AvgIpc) is 2.94. The smallest absolute Gasteiger partial charge is 0.0642 e. The van der Waals surface area contributed by atoms with Crippen LogP contribution in [-0.2, 0) is 11.3 Å². The Hall–Kier alpha value is -1.10. The highest BCUT2D eigenvalue weighted by atomic mass is 16.5. The predicted octanol–water partition coefficient (Wildman–Crippen LogP) is 1.77. The second-order valence-electron chi connectivity index (χ2n) is 6.16. The molecule has 0 radical (unpaired) electrons.